The summed E-state index contributed by atoms with van der Waals surface area (Å²) in [7, 11) is 0. The smallest absolute Gasteiger partial charge is 0.251 e. The number of rotatable bonds is 8. The normalized spacial score (nSPS) is 12.5. The molecule has 21 heavy (non-hydrogen) atoms. The molecule has 0 aliphatic heterocycles. The summed E-state index contributed by atoms with van der Waals surface area (Å²) in [6.45, 7) is 11.7. The molecule has 4 heteroatoms. The quantitative estimate of drug-likeness (QED) is 0.765. The van der Waals surface area contributed by atoms with Crippen LogP contribution in [-0.4, -0.2) is 36.5 Å². The molecule has 0 saturated heterocycles. The van der Waals surface area contributed by atoms with Crippen molar-refractivity contribution in [2.45, 2.75) is 46.6 Å². The first-order valence-electron chi connectivity index (χ1n) is 7.77. The predicted octanol–water partition coefficient (Wildman–Crippen LogP) is 4.00. The molecule has 0 saturated carbocycles. The van der Waals surface area contributed by atoms with Crippen LogP contribution >= 0.6 is 15.9 Å². The molecule has 0 heterocycles. The zero-order valence-corrected chi connectivity index (χ0v) is 15.2. The van der Waals surface area contributed by atoms with Crippen molar-refractivity contribution >= 4 is 21.8 Å². The average Bonchev–Trinajstić information content (AvgIpc) is 2.46. The number of hydrogen-bond donors (Lipinski definition) is 1. The molecule has 1 amide bonds. The van der Waals surface area contributed by atoms with Crippen molar-refractivity contribution in [1.82, 2.24) is 10.2 Å². The minimum atomic E-state index is 0.0148. The second-order valence-corrected chi connectivity index (χ2v) is 6.36. The highest BCUT2D eigenvalue weighted by Gasteiger charge is 2.11. The van der Waals surface area contributed by atoms with Crippen LogP contribution in [0.15, 0.2) is 22.7 Å². The molecule has 0 bridgehead atoms. The molecule has 1 aromatic rings. The molecule has 118 valence electrons. The van der Waals surface area contributed by atoms with Gasteiger partial charge in [0.1, 0.15) is 0 Å². The average molecular weight is 355 g/mol. The van der Waals surface area contributed by atoms with E-state index < -0.39 is 0 Å². The molecule has 0 aliphatic carbocycles. The van der Waals surface area contributed by atoms with E-state index in [1.807, 2.05) is 25.1 Å². The number of carbonyl (C=O) groups is 1. The van der Waals surface area contributed by atoms with E-state index in [0.29, 0.717) is 0 Å². The number of carbonyl (C=O) groups excluding carboxylic acids is 1. The van der Waals surface area contributed by atoms with Gasteiger partial charge in [0.15, 0.2) is 0 Å². The zero-order valence-electron chi connectivity index (χ0n) is 13.6. The van der Waals surface area contributed by atoms with Crippen molar-refractivity contribution < 1.29 is 4.79 Å². The van der Waals surface area contributed by atoms with Gasteiger partial charge in [-0.25, -0.2) is 0 Å². The van der Waals surface area contributed by atoms with Crippen LogP contribution in [0.5, 0.6) is 0 Å². The van der Waals surface area contributed by atoms with E-state index in [1.54, 1.807) is 0 Å². The summed E-state index contributed by atoms with van der Waals surface area (Å²) in [5.74, 6) is 0.0148. The van der Waals surface area contributed by atoms with Crippen molar-refractivity contribution in [2.75, 3.05) is 19.6 Å². The summed E-state index contributed by atoms with van der Waals surface area (Å²) in [4.78, 5) is 14.6. The van der Waals surface area contributed by atoms with Crippen molar-refractivity contribution in [1.29, 1.82) is 0 Å². The molecular weight excluding hydrogens is 328 g/mol. The number of benzene rings is 1. The molecule has 0 radical (unpaired) electrons. The maximum Gasteiger partial charge on any atom is 0.251 e. The fourth-order valence-electron chi connectivity index (χ4n) is 2.33. The molecule has 1 atom stereocenters. The van der Waals surface area contributed by atoms with Crippen LogP contribution < -0.4 is 5.32 Å². The molecule has 3 nitrogen and oxygen atoms in total. The van der Waals surface area contributed by atoms with E-state index in [-0.39, 0.29) is 11.9 Å². The number of amides is 1. The summed E-state index contributed by atoms with van der Waals surface area (Å²) in [6.07, 6.45) is 2.13. The van der Waals surface area contributed by atoms with Gasteiger partial charge in [0.05, 0.1) is 0 Å². The minimum absolute atomic E-state index is 0.0148. The maximum absolute atomic E-state index is 12.2. The van der Waals surface area contributed by atoms with Crippen LogP contribution in [0.2, 0.25) is 0 Å². The van der Waals surface area contributed by atoms with Crippen molar-refractivity contribution in [2.24, 2.45) is 0 Å². The first-order chi connectivity index (χ1) is 9.97. The summed E-state index contributed by atoms with van der Waals surface area (Å²) in [5.41, 5.74) is 1.81. The van der Waals surface area contributed by atoms with Crippen LogP contribution in [0, 0.1) is 6.92 Å². The van der Waals surface area contributed by atoms with Crippen molar-refractivity contribution in [3.63, 3.8) is 0 Å². The van der Waals surface area contributed by atoms with Crippen LogP contribution in [-0.2, 0) is 0 Å². The highest BCUT2D eigenvalue weighted by atomic mass is 79.9. The van der Waals surface area contributed by atoms with Gasteiger partial charge >= 0.3 is 0 Å². The van der Waals surface area contributed by atoms with E-state index in [9.17, 15) is 4.79 Å². The van der Waals surface area contributed by atoms with Crippen molar-refractivity contribution in [3.05, 3.63) is 33.8 Å². The number of nitrogens with one attached hydrogen (secondary N) is 1. The Morgan fingerprint density at radius 3 is 2.57 bits per heavy atom. The Morgan fingerprint density at radius 1 is 1.33 bits per heavy atom. The lowest BCUT2D eigenvalue weighted by atomic mass is 10.1. The van der Waals surface area contributed by atoms with Gasteiger partial charge in [-0.2, -0.15) is 0 Å². The lowest BCUT2D eigenvalue weighted by Crippen LogP contribution is -2.33. The van der Waals surface area contributed by atoms with E-state index in [4.69, 9.17) is 0 Å². The first kappa shape index (κ1) is 18.2. The topological polar surface area (TPSA) is 32.3 Å². The van der Waals surface area contributed by atoms with Gasteiger partial charge in [0.25, 0.3) is 5.91 Å². The number of nitrogens with zero attached hydrogens (tertiary/aromatic N) is 1. The standard InChI is InChI=1S/C17H27BrN2O/c1-5-20(6-2)11-7-8-14(4)19-17(21)15-9-10-16(18)13(3)12-15/h9-10,12,14H,5-8,11H2,1-4H3,(H,19,21). The van der Waals surface area contributed by atoms with Crippen LogP contribution in [0.4, 0.5) is 0 Å². The molecule has 1 aromatic carbocycles. The second kappa shape index (κ2) is 9.21. The Labute approximate surface area is 137 Å². The fraction of sp³-hybridized carbons (Fsp3) is 0.588. The summed E-state index contributed by atoms with van der Waals surface area (Å²) < 4.78 is 1.03. The van der Waals surface area contributed by atoms with Crippen LogP contribution in [0.1, 0.15) is 49.5 Å². The van der Waals surface area contributed by atoms with Crippen molar-refractivity contribution in [3.8, 4) is 0 Å². The van der Waals surface area contributed by atoms with Gasteiger partial charge < -0.3 is 10.2 Å². The number of halogens is 1. The third-order valence-electron chi connectivity index (χ3n) is 3.80. The Kier molecular flexibility index (Phi) is 7.97. The van der Waals surface area contributed by atoms with Gasteiger partial charge in [-0.1, -0.05) is 29.8 Å². The highest BCUT2D eigenvalue weighted by molar-refractivity contribution is 9.10. The lowest BCUT2D eigenvalue weighted by molar-refractivity contribution is 0.0937. The van der Waals surface area contributed by atoms with Gasteiger partial charge in [0.2, 0.25) is 0 Å². The van der Waals surface area contributed by atoms with Gasteiger partial charge in [-0.3, -0.25) is 4.79 Å². The molecule has 0 aliphatic rings. The highest BCUT2D eigenvalue weighted by Crippen LogP contribution is 2.17. The number of hydrogen-bond acceptors (Lipinski definition) is 2. The van der Waals surface area contributed by atoms with E-state index in [1.165, 1.54) is 0 Å². The first-order valence-corrected chi connectivity index (χ1v) is 8.56. The Hall–Kier alpha value is -0.870. The summed E-state index contributed by atoms with van der Waals surface area (Å²) >= 11 is 3.45. The molecule has 1 rings (SSSR count). The third kappa shape index (κ3) is 6.18. The fourth-order valence-corrected chi connectivity index (χ4v) is 2.57. The van der Waals surface area contributed by atoms with Crippen LogP contribution in [0.25, 0.3) is 0 Å². The maximum atomic E-state index is 12.2. The Bertz CT molecular complexity index is 458. The molecule has 0 spiro atoms. The minimum Gasteiger partial charge on any atom is -0.350 e. The third-order valence-corrected chi connectivity index (χ3v) is 4.69. The molecule has 0 aromatic heterocycles. The Morgan fingerprint density at radius 2 is 2.00 bits per heavy atom. The predicted molar refractivity (Wildman–Crippen MR) is 92.8 cm³/mol. The SMILES string of the molecule is CCN(CC)CCCC(C)NC(=O)c1ccc(Br)c(C)c1. The monoisotopic (exact) mass is 354 g/mol. The van der Waals surface area contributed by atoms with Gasteiger partial charge in [-0.05, 0) is 70.1 Å². The molecule has 1 unspecified atom stereocenters. The molecular formula is C17H27BrN2O. The lowest BCUT2D eigenvalue weighted by Gasteiger charge is -2.19. The molecule has 0 fully saturated rings. The zero-order chi connectivity index (χ0) is 15.8. The van der Waals surface area contributed by atoms with Gasteiger partial charge in [0, 0.05) is 16.1 Å². The van der Waals surface area contributed by atoms with Crippen LogP contribution in [0.3, 0.4) is 0 Å². The van der Waals surface area contributed by atoms with E-state index >= 15 is 0 Å². The second-order valence-electron chi connectivity index (χ2n) is 5.51. The summed E-state index contributed by atoms with van der Waals surface area (Å²) in [5, 5.41) is 3.08. The Balaban J connectivity index is 2.41. The largest absolute Gasteiger partial charge is 0.350 e. The summed E-state index contributed by atoms with van der Waals surface area (Å²) in [6, 6.07) is 5.91. The van der Waals surface area contributed by atoms with E-state index in [2.05, 4.69) is 46.9 Å². The molecule has 1 N–H and O–H groups in total. The van der Waals surface area contributed by atoms with E-state index in [0.717, 1.165) is 48.1 Å². The number of aryl methyl sites for hydroxylation is 1. The van der Waals surface area contributed by atoms with Gasteiger partial charge in [-0.15, -0.1) is 0 Å².